The largest absolute Gasteiger partial charge is 0.458 e. The second-order valence-electron chi connectivity index (χ2n) is 18.9. The molecule has 3 saturated heterocycles. The summed E-state index contributed by atoms with van der Waals surface area (Å²) in [5, 5.41) is 44.2. The van der Waals surface area contributed by atoms with E-state index in [1.165, 1.54) is 0 Å². The molecular formula is C42H66O13. The average molecular weight is 779 g/mol. The van der Waals surface area contributed by atoms with Crippen LogP contribution in [0.4, 0.5) is 0 Å². The summed E-state index contributed by atoms with van der Waals surface area (Å²) in [7, 11) is 1.61. The topological polar surface area (TPSA) is 172 Å². The Balaban J connectivity index is 0.833. The molecule has 0 radical (unpaired) electrons. The minimum absolute atomic E-state index is 0.0403. The quantitative estimate of drug-likeness (QED) is 0.207. The SMILES string of the molecule is COC1CC(OC2C(O)CC(OC3CCC4(C)C(CCC5C4CCC4(C)C(C6=CC(=O)OC6)CCC54O)C3)OC2C)OC(C)C1OC1CC(O)C(O)C(C)O1. The van der Waals surface area contributed by atoms with Crippen molar-refractivity contribution in [1.29, 1.82) is 0 Å². The van der Waals surface area contributed by atoms with E-state index in [0.29, 0.717) is 31.3 Å². The number of aliphatic hydroxyl groups excluding tert-OH is 3. The fourth-order valence-corrected chi connectivity index (χ4v) is 13.0. The van der Waals surface area contributed by atoms with Gasteiger partial charge in [0.25, 0.3) is 0 Å². The third-order valence-corrected chi connectivity index (χ3v) is 16.1. The molecule has 8 aliphatic rings. The Bertz CT molecular complexity index is 1400. The molecule has 13 heteroatoms. The van der Waals surface area contributed by atoms with E-state index in [2.05, 4.69) is 13.8 Å². The number of methoxy groups -OCH3 is 1. The fraction of sp³-hybridized carbons (Fsp3) is 0.929. The van der Waals surface area contributed by atoms with E-state index in [-0.39, 0.29) is 47.3 Å². The summed E-state index contributed by atoms with van der Waals surface area (Å²) in [6, 6.07) is 0. The van der Waals surface area contributed by atoms with Gasteiger partial charge in [-0.25, -0.2) is 4.79 Å². The molecule has 8 rings (SSSR count). The maximum absolute atomic E-state index is 12.6. The number of rotatable bonds is 8. The summed E-state index contributed by atoms with van der Waals surface area (Å²) < 4.78 is 48.7. The van der Waals surface area contributed by atoms with Gasteiger partial charge in [0, 0.05) is 37.9 Å². The number of hydrogen-bond donors (Lipinski definition) is 4. The van der Waals surface area contributed by atoms with Crippen molar-refractivity contribution >= 4 is 5.97 Å². The second kappa shape index (κ2) is 15.4. The van der Waals surface area contributed by atoms with Crippen LogP contribution in [0.5, 0.6) is 0 Å². The van der Waals surface area contributed by atoms with E-state index in [9.17, 15) is 25.2 Å². The van der Waals surface area contributed by atoms with Gasteiger partial charge in [0.1, 0.15) is 24.9 Å². The highest BCUT2D eigenvalue weighted by Crippen LogP contribution is 2.70. The molecule has 4 aliphatic carbocycles. The zero-order chi connectivity index (χ0) is 39.0. The van der Waals surface area contributed by atoms with Gasteiger partial charge in [0.05, 0.1) is 48.3 Å². The summed E-state index contributed by atoms with van der Waals surface area (Å²) in [4.78, 5) is 11.9. The van der Waals surface area contributed by atoms with Crippen molar-refractivity contribution in [2.24, 2.45) is 34.5 Å². The van der Waals surface area contributed by atoms with Gasteiger partial charge in [-0.15, -0.1) is 0 Å². The Hall–Kier alpha value is -1.23. The predicted octanol–water partition coefficient (Wildman–Crippen LogP) is 3.90. The Morgan fingerprint density at radius 1 is 0.727 bits per heavy atom. The number of aliphatic hydroxyl groups is 4. The molecule has 312 valence electrons. The highest BCUT2D eigenvalue weighted by Gasteiger charge is 2.68. The molecule has 0 aromatic carbocycles. The molecule has 0 bridgehead atoms. The van der Waals surface area contributed by atoms with Crippen LogP contribution in [0.1, 0.15) is 112 Å². The van der Waals surface area contributed by atoms with E-state index >= 15 is 0 Å². The molecule has 20 atom stereocenters. The molecule has 4 saturated carbocycles. The lowest BCUT2D eigenvalue weighted by molar-refractivity contribution is -0.337. The maximum atomic E-state index is 12.6. The number of esters is 1. The van der Waals surface area contributed by atoms with Crippen LogP contribution in [0, 0.1) is 34.5 Å². The minimum atomic E-state index is -0.965. The van der Waals surface area contributed by atoms with Crippen molar-refractivity contribution in [3.8, 4) is 0 Å². The van der Waals surface area contributed by atoms with Gasteiger partial charge in [0.2, 0.25) is 0 Å². The average Bonchev–Trinajstić information content (AvgIpc) is 3.69. The zero-order valence-corrected chi connectivity index (χ0v) is 33.5. The molecule has 20 unspecified atom stereocenters. The fourth-order valence-electron chi connectivity index (χ4n) is 13.0. The van der Waals surface area contributed by atoms with Gasteiger partial charge in [-0.2, -0.15) is 0 Å². The Kier molecular flexibility index (Phi) is 11.4. The molecule has 4 aliphatic heterocycles. The molecule has 0 aromatic rings. The lowest BCUT2D eigenvalue weighted by atomic mass is 9.43. The van der Waals surface area contributed by atoms with Gasteiger partial charge in [-0.1, -0.05) is 13.8 Å². The minimum Gasteiger partial charge on any atom is -0.458 e. The molecule has 0 aromatic heterocycles. The lowest BCUT2D eigenvalue weighted by Crippen LogP contribution is -2.62. The standard InChI is InChI=1S/C42H66O13/c1-21-37(46)30(43)17-35(50-21)55-39-23(3)52-36(19-32(39)48-6)54-38-22(2)51-34(18-31(38)44)53-26-9-12-40(4)25(16-26)7-8-29-28(40)10-13-41(5)27(11-14-42(29,41)47)24-15-33(45)49-20-24/h15,21-23,25-32,34-39,43-44,46-47H,7-14,16-20H2,1-6H3. The lowest BCUT2D eigenvalue weighted by Gasteiger charge is -2.64. The number of fused-ring (bicyclic) bond motifs is 5. The third kappa shape index (κ3) is 7.17. The van der Waals surface area contributed by atoms with Crippen molar-refractivity contribution in [2.45, 2.75) is 197 Å². The van der Waals surface area contributed by atoms with Crippen LogP contribution in [0.2, 0.25) is 0 Å². The molecule has 0 amide bonds. The van der Waals surface area contributed by atoms with Crippen LogP contribution in [0.25, 0.3) is 0 Å². The first-order valence-corrected chi connectivity index (χ1v) is 21.2. The van der Waals surface area contributed by atoms with Crippen molar-refractivity contribution < 1.29 is 63.1 Å². The van der Waals surface area contributed by atoms with Crippen LogP contribution in [0.3, 0.4) is 0 Å². The van der Waals surface area contributed by atoms with Crippen molar-refractivity contribution in [2.75, 3.05) is 13.7 Å². The highest BCUT2D eigenvalue weighted by molar-refractivity contribution is 5.85. The Morgan fingerprint density at radius 3 is 2.09 bits per heavy atom. The predicted molar refractivity (Wildman–Crippen MR) is 196 cm³/mol. The third-order valence-electron chi connectivity index (χ3n) is 16.1. The van der Waals surface area contributed by atoms with E-state index in [4.69, 9.17) is 37.9 Å². The first kappa shape index (κ1) is 40.5. The summed E-state index contributed by atoms with van der Waals surface area (Å²) in [6.45, 7) is 10.6. The summed E-state index contributed by atoms with van der Waals surface area (Å²) in [5.41, 5.74) is 0.242. The summed E-state index contributed by atoms with van der Waals surface area (Å²) in [5.74, 6) is 1.17. The number of carbonyl (C=O) groups is 1. The van der Waals surface area contributed by atoms with Gasteiger partial charge >= 0.3 is 5.97 Å². The summed E-state index contributed by atoms with van der Waals surface area (Å²) >= 11 is 0. The maximum Gasteiger partial charge on any atom is 0.331 e. The van der Waals surface area contributed by atoms with Gasteiger partial charge in [-0.05, 0) is 113 Å². The molecule has 7 fully saturated rings. The first-order valence-electron chi connectivity index (χ1n) is 21.2. The monoisotopic (exact) mass is 778 g/mol. The number of carbonyl (C=O) groups excluding carboxylic acids is 1. The number of cyclic esters (lactones) is 1. The number of hydrogen-bond acceptors (Lipinski definition) is 13. The van der Waals surface area contributed by atoms with Crippen molar-refractivity contribution in [3.05, 3.63) is 11.6 Å². The van der Waals surface area contributed by atoms with Crippen LogP contribution in [-0.4, -0.2) is 126 Å². The first-order chi connectivity index (χ1) is 26.1. The van der Waals surface area contributed by atoms with E-state index in [1.54, 1.807) is 20.1 Å². The van der Waals surface area contributed by atoms with E-state index < -0.39 is 73.3 Å². The molecule has 13 nitrogen and oxygen atoms in total. The number of ether oxygens (including phenoxy) is 8. The van der Waals surface area contributed by atoms with Crippen LogP contribution < -0.4 is 0 Å². The highest BCUT2D eigenvalue weighted by atomic mass is 16.7. The van der Waals surface area contributed by atoms with Crippen LogP contribution in [0.15, 0.2) is 11.6 Å². The Labute approximate surface area is 325 Å². The van der Waals surface area contributed by atoms with Gasteiger partial charge in [0.15, 0.2) is 18.9 Å². The zero-order valence-electron chi connectivity index (χ0n) is 33.5. The molecule has 4 N–H and O–H groups in total. The smallest absolute Gasteiger partial charge is 0.331 e. The van der Waals surface area contributed by atoms with Crippen molar-refractivity contribution in [1.82, 2.24) is 0 Å². The van der Waals surface area contributed by atoms with Gasteiger partial charge < -0.3 is 58.3 Å². The normalized spacial score (nSPS) is 54.2. The van der Waals surface area contributed by atoms with E-state index in [0.717, 1.165) is 63.4 Å². The van der Waals surface area contributed by atoms with Crippen LogP contribution >= 0.6 is 0 Å². The summed E-state index contributed by atoms with van der Waals surface area (Å²) in [6.07, 6.45) is 3.75. The Morgan fingerprint density at radius 2 is 1.40 bits per heavy atom. The molecule has 4 heterocycles. The van der Waals surface area contributed by atoms with Gasteiger partial charge in [-0.3, -0.25) is 0 Å². The molecule has 0 spiro atoms. The molecule has 55 heavy (non-hydrogen) atoms. The van der Waals surface area contributed by atoms with E-state index in [1.807, 2.05) is 13.8 Å². The second-order valence-corrected chi connectivity index (χ2v) is 18.9. The van der Waals surface area contributed by atoms with Crippen molar-refractivity contribution in [3.63, 3.8) is 0 Å². The van der Waals surface area contributed by atoms with Crippen LogP contribution in [-0.2, 0) is 42.7 Å². The molecular weight excluding hydrogens is 712 g/mol.